The molecule has 2 N–H and O–H groups in total. The summed E-state index contributed by atoms with van der Waals surface area (Å²) in [6.07, 6.45) is 0.675. The maximum atomic E-state index is 12.1. The van der Waals surface area contributed by atoms with Crippen molar-refractivity contribution in [3.05, 3.63) is 0 Å². The van der Waals surface area contributed by atoms with Gasteiger partial charge in [0.25, 0.3) is 0 Å². The van der Waals surface area contributed by atoms with Crippen molar-refractivity contribution in [1.29, 1.82) is 5.26 Å². The highest BCUT2D eigenvalue weighted by Crippen LogP contribution is 2.11. The summed E-state index contributed by atoms with van der Waals surface area (Å²) in [6, 6.07) is 1.92. The van der Waals surface area contributed by atoms with Gasteiger partial charge in [0.15, 0.2) is 0 Å². The molecular formula is C12H20N4O2. The van der Waals surface area contributed by atoms with Gasteiger partial charge in [-0.1, -0.05) is 0 Å². The van der Waals surface area contributed by atoms with E-state index in [0.29, 0.717) is 19.4 Å². The van der Waals surface area contributed by atoms with Gasteiger partial charge in [-0.05, 0) is 6.42 Å². The van der Waals surface area contributed by atoms with Crippen LogP contribution >= 0.6 is 0 Å². The summed E-state index contributed by atoms with van der Waals surface area (Å²) in [6.45, 7) is 4.42. The Morgan fingerprint density at radius 2 is 2.11 bits per heavy atom. The first kappa shape index (κ1) is 13.3. The molecule has 0 radical (unpaired) electrons. The lowest BCUT2D eigenvalue weighted by atomic mass is 10.1. The molecule has 0 bridgehead atoms. The quantitative estimate of drug-likeness (QED) is 0.657. The van der Waals surface area contributed by atoms with E-state index in [1.54, 1.807) is 0 Å². The molecule has 100 valence electrons. The van der Waals surface area contributed by atoms with E-state index in [2.05, 4.69) is 16.3 Å². The number of β-amino-alcohol motifs (C(OH)–C–C–N with tert-alkyl or cyclic N) is 1. The van der Waals surface area contributed by atoms with Crippen LogP contribution in [0.2, 0.25) is 0 Å². The van der Waals surface area contributed by atoms with Crippen molar-refractivity contribution >= 4 is 5.91 Å². The van der Waals surface area contributed by atoms with Crippen LogP contribution in [0.1, 0.15) is 12.8 Å². The Hall–Kier alpha value is -1.16. The van der Waals surface area contributed by atoms with Gasteiger partial charge in [-0.15, -0.1) is 0 Å². The van der Waals surface area contributed by atoms with Crippen molar-refractivity contribution in [3.63, 3.8) is 0 Å². The van der Waals surface area contributed by atoms with E-state index in [-0.39, 0.29) is 11.9 Å². The highest BCUT2D eigenvalue weighted by atomic mass is 16.3. The number of aliphatic hydroxyl groups is 1. The second-order valence-electron chi connectivity index (χ2n) is 4.93. The number of nitrogens with one attached hydrogen (secondary N) is 1. The summed E-state index contributed by atoms with van der Waals surface area (Å²) < 4.78 is 0. The maximum Gasteiger partial charge on any atom is 0.239 e. The van der Waals surface area contributed by atoms with Crippen LogP contribution in [0, 0.1) is 11.3 Å². The number of nitrogens with zero attached hydrogens (tertiary/aromatic N) is 3. The lowest BCUT2D eigenvalue weighted by Crippen LogP contribution is -2.53. The molecule has 2 aliphatic rings. The molecule has 18 heavy (non-hydrogen) atoms. The monoisotopic (exact) mass is 252 g/mol. The van der Waals surface area contributed by atoms with Crippen LogP contribution in [-0.4, -0.2) is 72.2 Å². The van der Waals surface area contributed by atoms with Crippen molar-refractivity contribution in [3.8, 4) is 6.07 Å². The third-order valence-corrected chi connectivity index (χ3v) is 3.63. The number of carbonyl (C=O) groups excluding carboxylic acids is 1. The molecule has 1 amide bonds. The summed E-state index contributed by atoms with van der Waals surface area (Å²) >= 11 is 0. The number of hydrogen-bond acceptors (Lipinski definition) is 5. The summed E-state index contributed by atoms with van der Waals surface area (Å²) in [5.41, 5.74) is 0. The van der Waals surface area contributed by atoms with Crippen molar-refractivity contribution in [1.82, 2.24) is 15.1 Å². The Bertz CT molecular complexity index is 333. The standard InChI is InChI=1S/C12H20N4O2/c13-2-1-3-15-4-6-16(7-5-15)12(18)11-8-10(17)9-14-11/h10-11,14,17H,1,3-9H2. The Labute approximate surface area is 107 Å². The van der Waals surface area contributed by atoms with Crippen LogP contribution in [-0.2, 0) is 4.79 Å². The highest BCUT2D eigenvalue weighted by molar-refractivity contribution is 5.82. The summed E-state index contributed by atoms with van der Waals surface area (Å²) in [5, 5.41) is 21.0. The lowest BCUT2D eigenvalue weighted by molar-refractivity contribution is -0.135. The van der Waals surface area contributed by atoms with Crippen LogP contribution in [0.15, 0.2) is 0 Å². The Morgan fingerprint density at radius 1 is 1.39 bits per heavy atom. The van der Waals surface area contributed by atoms with Crippen LogP contribution in [0.3, 0.4) is 0 Å². The topological polar surface area (TPSA) is 79.6 Å². The van der Waals surface area contributed by atoms with E-state index < -0.39 is 6.10 Å². The first-order valence-corrected chi connectivity index (χ1v) is 6.50. The molecule has 0 aromatic carbocycles. The Morgan fingerprint density at radius 3 is 2.67 bits per heavy atom. The van der Waals surface area contributed by atoms with Gasteiger partial charge >= 0.3 is 0 Å². The summed E-state index contributed by atoms with van der Waals surface area (Å²) in [5.74, 6) is 0.103. The summed E-state index contributed by atoms with van der Waals surface area (Å²) in [4.78, 5) is 16.2. The molecule has 0 aromatic rings. The average molecular weight is 252 g/mol. The highest BCUT2D eigenvalue weighted by Gasteiger charge is 2.32. The van der Waals surface area contributed by atoms with Crippen molar-refractivity contribution in [2.75, 3.05) is 39.3 Å². The van der Waals surface area contributed by atoms with Crippen molar-refractivity contribution < 1.29 is 9.90 Å². The van der Waals surface area contributed by atoms with Gasteiger partial charge in [0.05, 0.1) is 18.2 Å². The Kier molecular flexibility index (Phi) is 4.53. The predicted octanol–water partition coefficient (Wildman–Crippen LogP) is -1.23. The van der Waals surface area contributed by atoms with Gasteiger partial charge in [0, 0.05) is 45.7 Å². The number of hydrogen-bond donors (Lipinski definition) is 2. The molecule has 0 aliphatic carbocycles. The number of piperazine rings is 1. The van der Waals surface area contributed by atoms with E-state index in [9.17, 15) is 9.90 Å². The van der Waals surface area contributed by atoms with Crippen LogP contribution in [0.5, 0.6) is 0 Å². The number of rotatable bonds is 3. The molecule has 0 aromatic heterocycles. The minimum atomic E-state index is -0.393. The normalized spacial score (nSPS) is 29.2. The Balaban J connectivity index is 1.76. The van der Waals surface area contributed by atoms with Crippen LogP contribution < -0.4 is 5.32 Å². The fourth-order valence-electron chi connectivity index (χ4n) is 2.53. The predicted molar refractivity (Wildman–Crippen MR) is 65.7 cm³/mol. The van der Waals surface area contributed by atoms with E-state index in [4.69, 9.17) is 5.26 Å². The molecule has 2 heterocycles. The SMILES string of the molecule is N#CCCN1CCN(C(=O)C2CC(O)CN2)CC1. The first-order chi connectivity index (χ1) is 8.70. The fraction of sp³-hybridized carbons (Fsp3) is 0.833. The van der Waals surface area contributed by atoms with E-state index >= 15 is 0 Å². The minimum Gasteiger partial charge on any atom is -0.392 e. The van der Waals surface area contributed by atoms with Gasteiger partial charge in [-0.25, -0.2) is 0 Å². The van der Waals surface area contributed by atoms with E-state index in [1.807, 2.05) is 4.90 Å². The molecule has 6 heteroatoms. The third-order valence-electron chi connectivity index (χ3n) is 3.63. The van der Waals surface area contributed by atoms with E-state index in [0.717, 1.165) is 32.7 Å². The van der Waals surface area contributed by atoms with Crippen molar-refractivity contribution in [2.45, 2.75) is 25.0 Å². The smallest absolute Gasteiger partial charge is 0.239 e. The van der Waals surface area contributed by atoms with Gasteiger partial charge in [0.2, 0.25) is 5.91 Å². The van der Waals surface area contributed by atoms with Crippen molar-refractivity contribution in [2.24, 2.45) is 0 Å². The van der Waals surface area contributed by atoms with Gasteiger partial charge < -0.3 is 15.3 Å². The first-order valence-electron chi connectivity index (χ1n) is 6.50. The molecule has 0 saturated carbocycles. The number of amides is 1. The molecule has 6 nitrogen and oxygen atoms in total. The molecular weight excluding hydrogens is 232 g/mol. The molecule has 2 unspecified atom stereocenters. The van der Waals surface area contributed by atoms with Gasteiger partial charge in [-0.2, -0.15) is 5.26 Å². The fourth-order valence-corrected chi connectivity index (χ4v) is 2.53. The molecule has 2 rings (SSSR count). The zero-order valence-electron chi connectivity index (χ0n) is 10.5. The van der Waals surface area contributed by atoms with E-state index in [1.165, 1.54) is 0 Å². The second kappa shape index (κ2) is 6.14. The van der Waals surface area contributed by atoms with Crippen LogP contribution in [0.4, 0.5) is 0 Å². The molecule has 2 aliphatic heterocycles. The van der Waals surface area contributed by atoms with Gasteiger partial charge in [-0.3, -0.25) is 9.69 Å². The number of aliphatic hydroxyl groups excluding tert-OH is 1. The van der Waals surface area contributed by atoms with Gasteiger partial charge in [0.1, 0.15) is 0 Å². The minimum absolute atomic E-state index is 0.103. The number of nitriles is 1. The molecule has 2 saturated heterocycles. The largest absolute Gasteiger partial charge is 0.392 e. The zero-order valence-corrected chi connectivity index (χ0v) is 10.5. The molecule has 0 spiro atoms. The average Bonchev–Trinajstić information content (AvgIpc) is 2.83. The molecule has 2 atom stereocenters. The summed E-state index contributed by atoms with van der Waals surface area (Å²) in [7, 11) is 0. The lowest BCUT2D eigenvalue weighted by Gasteiger charge is -2.35. The molecule has 2 fully saturated rings. The maximum absolute atomic E-state index is 12.1. The number of carbonyl (C=O) groups is 1. The second-order valence-corrected chi connectivity index (χ2v) is 4.93. The third kappa shape index (κ3) is 3.19. The zero-order chi connectivity index (χ0) is 13.0. The van der Waals surface area contributed by atoms with Crippen LogP contribution in [0.25, 0.3) is 0 Å².